The zero-order valence-corrected chi connectivity index (χ0v) is 11.2. The van der Waals surface area contributed by atoms with Gasteiger partial charge in [0.25, 0.3) is 0 Å². The molecule has 0 spiro atoms. The van der Waals surface area contributed by atoms with Crippen LogP contribution in [-0.2, 0) is 4.74 Å². The van der Waals surface area contributed by atoms with Crippen molar-refractivity contribution in [1.29, 1.82) is 0 Å². The summed E-state index contributed by atoms with van der Waals surface area (Å²) in [5.74, 6) is 0. The molecular formula is C13H18BrNO. The number of hydrogen-bond donors (Lipinski definition) is 1. The molecule has 0 heterocycles. The Bertz CT molecular complexity index is 340. The van der Waals surface area contributed by atoms with E-state index in [4.69, 9.17) is 10.5 Å². The fraction of sp³-hybridized carbons (Fsp3) is 0.538. The van der Waals surface area contributed by atoms with Crippen LogP contribution < -0.4 is 5.73 Å². The van der Waals surface area contributed by atoms with Gasteiger partial charge in [-0.1, -0.05) is 28.1 Å². The zero-order valence-electron chi connectivity index (χ0n) is 9.58. The van der Waals surface area contributed by atoms with Crippen LogP contribution in [0.3, 0.4) is 0 Å². The van der Waals surface area contributed by atoms with Gasteiger partial charge in [0.05, 0.1) is 5.60 Å². The van der Waals surface area contributed by atoms with Gasteiger partial charge in [-0.25, -0.2) is 0 Å². The van der Waals surface area contributed by atoms with Gasteiger partial charge in [-0.3, -0.25) is 0 Å². The first-order chi connectivity index (χ1) is 7.65. The van der Waals surface area contributed by atoms with E-state index in [0.29, 0.717) is 0 Å². The lowest BCUT2D eigenvalue weighted by Gasteiger charge is -2.42. The van der Waals surface area contributed by atoms with Gasteiger partial charge in [0.1, 0.15) is 0 Å². The Hall–Kier alpha value is -0.380. The summed E-state index contributed by atoms with van der Waals surface area (Å²) < 4.78 is 6.69. The Balaban J connectivity index is 2.02. The highest BCUT2D eigenvalue weighted by Gasteiger charge is 2.38. The summed E-state index contributed by atoms with van der Waals surface area (Å²) >= 11 is 3.43. The Morgan fingerprint density at radius 1 is 1.38 bits per heavy atom. The highest BCUT2D eigenvalue weighted by Crippen LogP contribution is 2.41. The molecule has 1 atom stereocenters. The quantitative estimate of drug-likeness (QED) is 0.919. The fourth-order valence-electron chi connectivity index (χ4n) is 2.29. The van der Waals surface area contributed by atoms with E-state index in [2.05, 4.69) is 28.1 Å². The summed E-state index contributed by atoms with van der Waals surface area (Å²) in [6.45, 7) is 0. The molecule has 2 nitrogen and oxygen atoms in total. The monoisotopic (exact) mass is 283 g/mol. The summed E-state index contributed by atoms with van der Waals surface area (Å²) in [5.41, 5.74) is 7.46. The molecule has 88 valence electrons. The molecule has 1 fully saturated rings. The molecule has 0 radical (unpaired) electrons. The molecule has 1 aromatic rings. The van der Waals surface area contributed by atoms with Gasteiger partial charge in [0, 0.05) is 17.6 Å². The minimum atomic E-state index is 0.0481. The molecule has 1 saturated carbocycles. The van der Waals surface area contributed by atoms with E-state index in [1.807, 2.05) is 12.1 Å². The molecule has 1 aliphatic carbocycles. The number of benzene rings is 1. The van der Waals surface area contributed by atoms with E-state index in [1.165, 1.54) is 12.0 Å². The largest absolute Gasteiger partial charge is 0.378 e. The third-order valence-electron chi connectivity index (χ3n) is 3.59. The van der Waals surface area contributed by atoms with E-state index in [1.54, 1.807) is 7.11 Å². The van der Waals surface area contributed by atoms with Crippen LogP contribution in [0.25, 0.3) is 0 Å². The molecule has 0 aromatic heterocycles. The van der Waals surface area contributed by atoms with Crippen LogP contribution in [0, 0.1) is 0 Å². The minimum absolute atomic E-state index is 0.0481. The first kappa shape index (κ1) is 12.1. The Morgan fingerprint density at radius 2 is 2.00 bits per heavy atom. The van der Waals surface area contributed by atoms with Crippen molar-refractivity contribution in [2.75, 3.05) is 7.11 Å². The smallest absolute Gasteiger partial charge is 0.0696 e. The van der Waals surface area contributed by atoms with E-state index in [0.717, 1.165) is 23.7 Å². The molecular weight excluding hydrogens is 266 g/mol. The van der Waals surface area contributed by atoms with Crippen molar-refractivity contribution in [3.05, 3.63) is 34.3 Å². The molecule has 0 amide bonds. The van der Waals surface area contributed by atoms with E-state index < -0.39 is 0 Å². The lowest BCUT2D eigenvalue weighted by Crippen LogP contribution is -2.41. The summed E-state index contributed by atoms with van der Waals surface area (Å²) in [7, 11) is 1.80. The van der Waals surface area contributed by atoms with E-state index in [-0.39, 0.29) is 11.6 Å². The summed E-state index contributed by atoms with van der Waals surface area (Å²) in [6, 6.07) is 8.31. The van der Waals surface area contributed by atoms with Crippen LogP contribution in [0.1, 0.15) is 37.3 Å². The maximum absolute atomic E-state index is 6.22. The van der Waals surface area contributed by atoms with Gasteiger partial charge >= 0.3 is 0 Å². The first-order valence-corrected chi connectivity index (χ1v) is 6.51. The van der Waals surface area contributed by atoms with Crippen molar-refractivity contribution in [3.63, 3.8) is 0 Å². The molecule has 1 unspecified atom stereocenters. The van der Waals surface area contributed by atoms with Crippen molar-refractivity contribution >= 4 is 15.9 Å². The maximum Gasteiger partial charge on any atom is 0.0696 e. The van der Waals surface area contributed by atoms with Crippen molar-refractivity contribution in [1.82, 2.24) is 0 Å². The molecule has 0 aliphatic heterocycles. The Labute approximate surface area is 105 Å². The molecule has 2 N–H and O–H groups in total. The Morgan fingerprint density at radius 3 is 2.44 bits per heavy atom. The lowest BCUT2D eigenvalue weighted by molar-refractivity contribution is -0.0816. The van der Waals surface area contributed by atoms with Crippen molar-refractivity contribution < 1.29 is 4.74 Å². The SMILES string of the molecule is COC1(CC(N)c2ccc(Br)cc2)CCC1. The average molecular weight is 284 g/mol. The van der Waals surface area contributed by atoms with Crippen LogP contribution >= 0.6 is 15.9 Å². The second-order valence-electron chi connectivity index (χ2n) is 4.60. The van der Waals surface area contributed by atoms with Gasteiger partial charge in [-0.2, -0.15) is 0 Å². The average Bonchev–Trinajstić information content (AvgIpc) is 2.24. The number of halogens is 1. The maximum atomic E-state index is 6.22. The van der Waals surface area contributed by atoms with Gasteiger partial charge in [-0.15, -0.1) is 0 Å². The van der Waals surface area contributed by atoms with Crippen LogP contribution in [-0.4, -0.2) is 12.7 Å². The molecule has 3 heteroatoms. The fourth-order valence-corrected chi connectivity index (χ4v) is 2.56. The van der Waals surface area contributed by atoms with E-state index >= 15 is 0 Å². The van der Waals surface area contributed by atoms with Gasteiger partial charge in [-0.05, 0) is 43.4 Å². The lowest BCUT2D eigenvalue weighted by atomic mass is 9.75. The predicted octanol–water partition coefficient (Wildman–Crippen LogP) is 3.41. The summed E-state index contributed by atoms with van der Waals surface area (Å²) in [6.07, 6.45) is 4.48. The molecule has 16 heavy (non-hydrogen) atoms. The minimum Gasteiger partial charge on any atom is -0.378 e. The second kappa shape index (κ2) is 4.86. The second-order valence-corrected chi connectivity index (χ2v) is 5.52. The van der Waals surface area contributed by atoms with Gasteiger partial charge < -0.3 is 10.5 Å². The third-order valence-corrected chi connectivity index (χ3v) is 4.12. The molecule has 2 rings (SSSR count). The molecule has 1 aromatic carbocycles. The van der Waals surface area contributed by atoms with Crippen LogP contribution in [0.15, 0.2) is 28.7 Å². The topological polar surface area (TPSA) is 35.2 Å². The van der Waals surface area contributed by atoms with Crippen molar-refractivity contribution in [2.45, 2.75) is 37.3 Å². The molecule has 1 aliphatic rings. The number of nitrogens with two attached hydrogens (primary N) is 1. The third kappa shape index (κ3) is 2.47. The molecule has 0 saturated heterocycles. The van der Waals surface area contributed by atoms with Gasteiger partial charge in [0.2, 0.25) is 0 Å². The number of methoxy groups -OCH3 is 1. The highest BCUT2D eigenvalue weighted by molar-refractivity contribution is 9.10. The van der Waals surface area contributed by atoms with E-state index in [9.17, 15) is 0 Å². The number of ether oxygens (including phenoxy) is 1. The van der Waals surface area contributed by atoms with Crippen LogP contribution in [0.2, 0.25) is 0 Å². The molecule has 0 bridgehead atoms. The van der Waals surface area contributed by atoms with Gasteiger partial charge in [0.15, 0.2) is 0 Å². The van der Waals surface area contributed by atoms with Crippen LogP contribution in [0.4, 0.5) is 0 Å². The van der Waals surface area contributed by atoms with Crippen molar-refractivity contribution in [2.24, 2.45) is 5.73 Å². The predicted molar refractivity (Wildman–Crippen MR) is 69.3 cm³/mol. The number of hydrogen-bond acceptors (Lipinski definition) is 2. The zero-order chi connectivity index (χ0) is 11.6. The summed E-state index contributed by atoms with van der Waals surface area (Å²) in [4.78, 5) is 0. The normalized spacial score (nSPS) is 20.2. The van der Waals surface area contributed by atoms with Crippen molar-refractivity contribution in [3.8, 4) is 0 Å². The number of rotatable bonds is 4. The first-order valence-electron chi connectivity index (χ1n) is 5.71. The standard InChI is InChI=1S/C13H18BrNO/c1-16-13(7-2-8-13)9-12(15)10-3-5-11(14)6-4-10/h3-6,12H,2,7-9,15H2,1H3. The summed E-state index contributed by atoms with van der Waals surface area (Å²) in [5, 5.41) is 0. The Kier molecular flexibility index (Phi) is 3.67. The highest BCUT2D eigenvalue weighted by atomic mass is 79.9. The van der Waals surface area contributed by atoms with Crippen LogP contribution in [0.5, 0.6) is 0 Å².